The highest BCUT2D eigenvalue weighted by molar-refractivity contribution is 5.28. The second-order valence-corrected chi connectivity index (χ2v) is 4.30. The van der Waals surface area contributed by atoms with E-state index in [4.69, 9.17) is 4.74 Å². The molecule has 0 spiro atoms. The van der Waals surface area contributed by atoms with E-state index in [0.29, 0.717) is 6.42 Å². The third kappa shape index (κ3) is 2.58. The Balaban J connectivity index is 2.04. The third-order valence-electron chi connectivity index (χ3n) is 3.15. The number of hydrogen-bond donors (Lipinski definition) is 3. The summed E-state index contributed by atoms with van der Waals surface area (Å²) in [5.74, 6) is 0.765. The molecule has 1 unspecified atom stereocenters. The van der Waals surface area contributed by atoms with Crippen LogP contribution >= 0.6 is 0 Å². The van der Waals surface area contributed by atoms with Crippen molar-refractivity contribution in [2.45, 2.75) is 24.7 Å². The molecule has 1 heterocycles. The molecule has 5 heteroatoms. The molecular formula is C12H17NO4. The normalized spacial score (nSPS) is 29.5. The molecule has 0 amide bonds. The van der Waals surface area contributed by atoms with Gasteiger partial charge in [0.1, 0.15) is 5.75 Å². The number of methoxy groups -OCH3 is 1. The van der Waals surface area contributed by atoms with Gasteiger partial charge in [-0.2, -0.15) is 5.06 Å². The monoisotopic (exact) mass is 239 g/mol. The van der Waals surface area contributed by atoms with Gasteiger partial charge in [-0.05, 0) is 24.1 Å². The van der Waals surface area contributed by atoms with Crippen LogP contribution in [-0.4, -0.2) is 52.4 Å². The van der Waals surface area contributed by atoms with Crippen molar-refractivity contribution in [1.29, 1.82) is 0 Å². The first-order chi connectivity index (χ1) is 8.11. The van der Waals surface area contributed by atoms with Gasteiger partial charge in [-0.15, -0.1) is 0 Å². The second kappa shape index (κ2) is 5.01. The number of aliphatic hydroxyl groups is 2. The summed E-state index contributed by atoms with van der Waals surface area (Å²) in [5.41, 5.74) is 0.975. The van der Waals surface area contributed by atoms with Gasteiger partial charge >= 0.3 is 0 Å². The number of hydroxylamine groups is 2. The van der Waals surface area contributed by atoms with Crippen molar-refractivity contribution in [2.75, 3.05) is 13.7 Å². The second-order valence-electron chi connectivity index (χ2n) is 4.30. The third-order valence-corrected chi connectivity index (χ3v) is 3.15. The van der Waals surface area contributed by atoms with E-state index in [2.05, 4.69) is 0 Å². The number of aliphatic hydroxyl groups excluding tert-OH is 2. The summed E-state index contributed by atoms with van der Waals surface area (Å²) in [4.78, 5) is 0. The first-order valence-corrected chi connectivity index (χ1v) is 5.56. The van der Waals surface area contributed by atoms with Crippen LogP contribution in [0.25, 0.3) is 0 Å². The van der Waals surface area contributed by atoms with E-state index in [1.54, 1.807) is 7.11 Å². The molecule has 0 aliphatic carbocycles. The summed E-state index contributed by atoms with van der Waals surface area (Å²) in [7, 11) is 1.60. The van der Waals surface area contributed by atoms with Crippen molar-refractivity contribution >= 4 is 0 Å². The molecule has 1 aromatic rings. The molecule has 0 radical (unpaired) electrons. The minimum Gasteiger partial charge on any atom is -0.497 e. The van der Waals surface area contributed by atoms with Gasteiger partial charge in [-0.25, -0.2) is 0 Å². The fourth-order valence-electron chi connectivity index (χ4n) is 2.10. The van der Waals surface area contributed by atoms with Crippen molar-refractivity contribution < 1.29 is 20.2 Å². The van der Waals surface area contributed by atoms with Gasteiger partial charge in [0.2, 0.25) is 0 Å². The Kier molecular flexibility index (Phi) is 3.63. The topological polar surface area (TPSA) is 73.2 Å². The lowest BCUT2D eigenvalue weighted by molar-refractivity contribution is -0.115. The number of nitrogens with zero attached hydrogens (tertiary/aromatic N) is 1. The van der Waals surface area contributed by atoms with E-state index in [9.17, 15) is 15.4 Å². The minimum absolute atomic E-state index is 0.0853. The van der Waals surface area contributed by atoms with Crippen molar-refractivity contribution in [1.82, 2.24) is 5.06 Å². The maximum atomic E-state index is 9.71. The highest BCUT2D eigenvalue weighted by Gasteiger charge is 2.39. The maximum absolute atomic E-state index is 9.71. The quantitative estimate of drug-likeness (QED) is 0.694. The molecule has 0 saturated carbocycles. The van der Waals surface area contributed by atoms with E-state index >= 15 is 0 Å². The van der Waals surface area contributed by atoms with Crippen molar-refractivity contribution in [3.05, 3.63) is 29.8 Å². The van der Waals surface area contributed by atoms with Gasteiger partial charge in [0.15, 0.2) is 0 Å². The standard InChI is InChI=1S/C12H17NO4/c1-17-9-4-2-8(3-5-9)6-10-12(15)11(14)7-13(10)16/h2-5,10-12,14-16H,6-7H2,1H3/t10?,11-,12-/m0/s1. The number of rotatable bonds is 3. The Morgan fingerprint density at radius 1 is 1.29 bits per heavy atom. The fourth-order valence-corrected chi connectivity index (χ4v) is 2.10. The van der Waals surface area contributed by atoms with Crippen molar-refractivity contribution in [3.8, 4) is 5.75 Å². The predicted molar refractivity (Wildman–Crippen MR) is 61.0 cm³/mol. The molecule has 1 fully saturated rings. The SMILES string of the molecule is COc1ccc(CC2[C@H](O)[C@@H](O)CN2O)cc1. The summed E-state index contributed by atoms with van der Waals surface area (Å²) < 4.78 is 5.05. The lowest BCUT2D eigenvalue weighted by Crippen LogP contribution is -2.36. The Bertz CT molecular complexity index is 367. The van der Waals surface area contributed by atoms with Crippen molar-refractivity contribution in [2.24, 2.45) is 0 Å². The lowest BCUT2D eigenvalue weighted by atomic mass is 10.0. The first kappa shape index (κ1) is 12.3. The minimum atomic E-state index is -0.915. The van der Waals surface area contributed by atoms with E-state index < -0.39 is 18.2 Å². The summed E-state index contributed by atoms with van der Waals surface area (Å²) in [6.07, 6.45) is -1.32. The molecule has 3 atom stereocenters. The molecule has 1 aliphatic heterocycles. The molecular weight excluding hydrogens is 222 g/mol. The van der Waals surface area contributed by atoms with Gasteiger partial charge in [-0.3, -0.25) is 0 Å². The van der Waals surface area contributed by atoms with Crippen LogP contribution in [0, 0.1) is 0 Å². The van der Waals surface area contributed by atoms with Crippen LogP contribution in [0.2, 0.25) is 0 Å². The van der Waals surface area contributed by atoms with E-state index in [0.717, 1.165) is 16.4 Å². The summed E-state index contributed by atoms with van der Waals surface area (Å²) in [6, 6.07) is 6.95. The predicted octanol–water partition coefficient (Wildman–Crippen LogP) is 0.0329. The largest absolute Gasteiger partial charge is 0.497 e. The molecule has 1 saturated heterocycles. The first-order valence-electron chi connectivity index (χ1n) is 5.56. The molecule has 1 aromatic carbocycles. The van der Waals surface area contributed by atoms with Crippen LogP contribution in [0.4, 0.5) is 0 Å². The zero-order valence-electron chi connectivity index (χ0n) is 9.65. The van der Waals surface area contributed by atoms with Gasteiger partial charge in [-0.1, -0.05) is 12.1 Å². The van der Waals surface area contributed by atoms with Crippen LogP contribution in [0.1, 0.15) is 5.56 Å². The van der Waals surface area contributed by atoms with Crippen molar-refractivity contribution in [3.63, 3.8) is 0 Å². The molecule has 5 nitrogen and oxygen atoms in total. The Labute approximate surface area is 99.8 Å². The average Bonchev–Trinajstić information content (AvgIpc) is 2.57. The van der Waals surface area contributed by atoms with Gasteiger partial charge in [0.05, 0.1) is 31.9 Å². The Morgan fingerprint density at radius 3 is 2.41 bits per heavy atom. The van der Waals surface area contributed by atoms with Gasteiger partial charge in [0.25, 0.3) is 0 Å². The molecule has 0 aromatic heterocycles. The van der Waals surface area contributed by atoms with Gasteiger partial charge in [0, 0.05) is 0 Å². The smallest absolute Gasteiger partial charge is 0.118 e. The molecule has 17 heavy (non-hydrogen) atoms. The van der Waals surface area contributed by atoms with Crippen LogP contribution in [0.5, 0.6) is 5.75 Å². The lowest BCUT2D eigenvalue weighted by Gasteiger charge is -2.20. The van der Waals surface area contributed by atoms with E-state index in [1.807, 2.05) is 24.3 Å². The number of β-amino-alcohol motifs (C(OH)–C–C–N with tert-alkyl or cyclic N) is 1. The van der Waals surface area contributed by atoms with Crippen LogP contribution in [0.15, 0.2) is 24.3 Å². The fraction of sp³-hybridized carbons (Fsp3) is 0.500. The van der Waals surface area contributed by atoms with Gasteiger partial charge < -0.3 is 20.2 Å². The van der Waals surface area contributed by atoms with Crippen LogP contribution < -0.4 is 4.74 Å². The highest BCUT2D eigenvalue weighted by Crippen LogP contribution is 2.21. The van der Waals surface area contributed by atoms with Crippen LogP contribution in [-0.2, 0) is 6.42 Å². The molecule has 3 N–H and O–H groups in total. The van der Waals surface area contributed by atoms with E-state index in [-0.39, 0.29) is 6.54 Å². The van der Waals surface area contributed by atoms with E-state index in [1.165, 1.54) is 0 Å². The maximum Gasteiger partial charge on any atom is 0.118 e. The summed E-state index contributed by atoms with van der Waals surface area (Å²) in [5, 5.41) is 29.7. The number of ether oxygens (including phenoxy) is 1. The molecule has 1 aliphatic rings. The average molecular weight is 239 g/mol. The summed E-state index contributed by atoms with van der Waals surface area (Å²) >= 11 is 0. The number of benzene rings is 1. The molecule has 0 bridgehead atoms. The zero-order chi connectivity index (χ0) is 12.4. The van der Waals surface area contributed by atoms with Crippen LogP contribution in [0.3, 0.4) is 0 Å². The number of hydrogen-bond acceptors (Lipinski definition) is 5. The summed E-state index contributed by atoms with van der Waals surface area (Å²) in [6.45, 7) is 0.0853. The Hall–Kier alpha value is -1.14. The molecule has 2 rings (SSSR count). The zero-order valence-corrected chi connectivity index (χ0v) is 9.65. The highest BCUT2D eigenvalue weighted by atomic mass is 16.5. The Morgan fingerprint density at radius 2 is 1.94 bits per heavy atom. The molecule has 94 valence electrons.